The van der Waals surface area contributed by atoms with Gasteiger partial charge in [-0.15, -0.1) is 12.3 Å². The van der Waals surface area contributed by atoms with Gasteiger partial charge < -0.3 is 25.4 Å². The molecule has 0 fully saturated rings. The van der Waals surface area contributed by atoms with E-state index in [4.69, 9.17) is 25.8 Å². The van der Waals surface area contributed by atoms with E-state index in [0.717, 1.165) is 33.6 Å². The first-order valence-electron chi connectivity index (χ1n) is 44.6. The second-order valence-corrected chi connectivity index (χ2v) is 44.6. The second-order valence-electron chi connectivity index (χ2n) is 38.5. The number of aliphatic hydroxyl groups is 3. The number of rotatable bonds is 16. The summed E-state index contributed by atoms with van der Waals surface area (Å²) in [5, 5.41) is 39.8. The Morgan fingerprint density at radius 1 is 0.388 bits per heavy atom. The zero-order valence-electron chi connectivity index (χ0n) is 82.1. The fraction of sp³-hybridized carbons (Fsp3) is 0.411. The third kappa shape index (κ3) is 38.2. The first-order valence-corrected chi connectivity index (χ1v) is 52.7. The molecule has 1 unspecified atom stereocenters. The Labute approximate surface area is 794 Å². The van der Waals surface area contributed by atoms with Crippen molar-refractivity contribution in [2.45, 2.75) is 295 Å². The zero-order valence-corrected chi connectivity index (χ0v) is 90.0. The largest absolute Gasteiger partial charge is 0.665 e. The van der Waals surface area contributed by atoms with Crippen LogP contribution >= 0.6 is 0 Å². The maximum atomic E-state index is 11.3. The molecule has 0 radical (unpaired) electrons. The molecule has 700 valence electrons. The van der Waals surface area contributed by atoms with Gasteiger partial charge in [-0.2, -0.15) is 37.7 Å². The van der Waals surface area contributed by atoms with Crippen LogP contribution in [0.2, 0.25) is 0 Å². The standard InChI is InChI=1S/C21H16O.3C12H17N.3C10H12.C7H11.C6H8N.2C4H7F3O.C4H10O.Mo.2W/c1-14-6-2-7-15-8-3-11-17(20(14)15)18-12-4-9-16-10-5-13-19(22)21(16)18;3*1-8(2)10-6-5-7-11(9(3)4)12(10)13;3*1-10(2,3)9-7-5-4-6-8-9;1-6-3-4-7(2)5-6;1-5-3-4-6(2)7-5;2*1-3(2,8)4(5,6)7;1-4(2,3)5;;;/h2-13,22H,1H3;3*5-9H,1-4H3;3*1,4-8H,2-3H3;3,5,7H,4H2,1-2H3;3-4H,1-2H3;2*8H,1-2H3;5H,1-3H3;;;/q;;;;;;;2*-1;;;;;;. The Balaban J connectivity index is 0.000000320. The third-order valence-corrected chi connectivity index (χ3v) is 30.5. The quantitative estimate of drug-likeness (QED) is 0.0435. The molecule has 1 aliphatic carbocycles. The average molecular weight is 2190 g/mol. The number of hydrogen-bond donors (Lipinski definition) is 4. The van der Waals surface area contributed by atoms with Crippen molar-refractivity contribution in [2.75, 3.05) is 0 Å². The Hall–Kier alpha value is -8.06. The summed E-state index contributed by atoms with van der Waals surface area (Å²) in [4.78, 5) is 4.11. The van der Waals surface area contributed by atoms with Crippen LogP contribution in [0.3, 0.4) is 0 Å². The Morgan fingerprint density at radius 3 is 0.953 bits per heavy atom. The number of hydrogen-bond acceptors (Lipinski definition) is 7. The molecule has 1 aliphatic rings. The number of phenolic OH excluding ortho intramolecular Hbond substituents is 1. The number of aromatic hydroxyl groups is 1. The first kappa shape index (κ1) is 113. The van der Waals surface area contributed by atoms with Crippen molar-refractivity contribution in [3.63, 3.8) is 0 Å². The van der Waals surface area contributed by atoms with E-state index in [0.29, 0.717) is 69.0 Å². The molecule has 1 atom stereocenters. The number of aryl methyl sites for hydroxylation is 3. The third-order valence-electron chi connectivity index (χ3n) is 21.0. The predicted octanol–water partition coefficient (Wildman–Crippen LogP) is 32.4. The van der Waals surface area contributed by atoms with Crippen molar-refractivity contribution in [1.82, 2.24) is 4.98 Å². The van der Waals surface area contributed by atoms with Crippen LogP contribution < -0.4 is 4.98 Å². The number of benzene rings is 10. The van der Waals surface area contributed by atoms with Gasteiger partial charge in [0, 0.05) is 5.39 Å². The predicted molar refractivity (Wildman–Crippen MR) is 528 cm³/mol. The molecule has 8 nitrogen and oxygen atoms in total. The second kappa shape index (κ2) is 51.8. The minimum absolute atomic E-state index is 0.0811. The molecule has 0 bridgehead atoms. The number of allylic oxidation sites excluding steroid dienone is 2. The van der Waals surface area contributed by atoms with Crippen LogP contribution in [0.15, 0.2) is 253 Å². The van der Waals surface area contributed by atoms with Crippen molar-refractivity contribution in [3.05, 3.63) is 316 Å². The van der Waals surface area contributed by atoms with Gasteiger partial charge in [0.15, 0.2) is 11.2 Å². The van der Waals surface area contributed by atoms with E-state index in [-0.39, 0.29) is 16.2 Å². The molecule has 12 rings (SSSR count). The van der Waals surface area contributed by atoms with E-state index >= 15 is 0 Å². The van der Waals surface area contributed by atoms with Crippen LogP contribution in [-0.2, 0) is 70.0 Å². The van der Waals surface area contributed by atoms with Gasteiger partial charge >= 0.3 is 479 Å². The van der Waals surface area contributed by atoms with E-state index in [1.54, 1.807) is 26.8 Å². The molecule has 0 amide bonds. The van der Waals surface area contributed by atoms with Crippen molar-refractivity contribution in [2.24, 2.45) is 16.4 Å². The summed E-state index contributed by atoms with van der Waals surface area (Å²) in [6.45, 7) is 59.5. The molecule has 1 aromatic heterocycles. The molecule has 129 heavy (non-hydrogen) atoms. The normalized spacial score (nSPS) is 12.8. The van der Waals surface area contributed by atoms with E-state index in [1.165, 1.54) is 101 Å². The summed E-state index contributed by atoms with van der Waals surface area (Å²) in [6.07, 6.45) is -3.17. The van der Waals surface area contributed by atoms with E-state index in [1.807, 2.05) is 50.2 Å². The fourth-order valence-electron chi connectivity index (χ4n) is 13.1. The topological polar surface area (TPSA) is 132 Å². The number of alkyl halides is 6. The molecule has 0 spiro atoms. The molecule has 1 heterocycles. The van der Waals surface area contributed by atoms with Crippen LogP contribution in [0, 0.1) is 33.1 Å². The van der Waals surface area contributed by atoms with E-state index < -0.39 is 82.9 Å². The summed E-state index contributed by atoms with van der Waals surface area (Å²) in [7, 11) is 0. The molecular weight excluding hydrogens is 2040 g/mol. The number of halogens is 6. The van der Waals surface area contributed by atoms with Crippen LogP contribution in [0.5, 0.6) is 5.75 Å². The summed E-state index contributed by atoms with van der Waals surface area (Å²) in [5.41, 5.74) is 18.1. The first-order chi connectivity index (χ1) is 59.8. The van der Waals surface area contributed by atoms with Gasteiger partial charge in [0.05, 0.1) is 5.60 Å². The number of phenols is 1. The van der Waals surface area contributed by atoms with Crippen molar-refractivity contribution in [3.8, 4) is 16.9 Å². The van der Waals surface area contributed by atoms with E-state index in [2.05, 4.69) is 364 Å². The van der Waals surface area contributed by atoms with Crippen LogP contribution in [0.25, 0.3) is 32.7 Å². The SMILES string of the molecule is CC(C)(C)O.CC(C)(O)C(F)(F)F.CC(C)(O)C(F)(F)F.CC(C)c1cccc(C(C)C)c1[N]=[Mo]=[CH]C(C)(C)c1ccccc1.CC(C)c1cccc(C(C)C)c1[N]=[W]=[CH]C(C)(C)c1ccccc1.CC(C)c1cccc(C(C)C)c1[N]=[W]=[CH]C(C)(C)c1ccccc1.CC1=CCC(C)[CH-]1.Cc1ccc(C)[n-]1.Cc1cccc2cccc(-c3cccc4cccc(O)c34)c12. The maximum absolute atomic E-state index is 11.3. The Bertz CT molecular complexity index is 4970. The summed E-state index contributed by atoms with van der Waals surface area (Å²) >= 11 is -2.39. The molecule has 4 N–H and O–H groups in total. The summed E-state index contributed by atoms with van der Waals surface area (Å²) < 4.78 is 90.8. The Kier molecular flexibility index (Phi) is 45.5. The molecule has 0 saturated carbocycles. The summed E-state index contributed by atoms with van der Waals surface area (Å²) in [6, 6.07) is 80.9. The minimum atomic E-state index is -4.51. The van der Waals surface area contributed by atoms with E-state index in [9.17, 15) is 31.4 Å². The fourth-order valence-corrected chi connectivity index (χ4v) is 20.6. The molecule has 0 aliphatic heterocycles. The Morgan fingerprint density at radius 2 is 0.674 bits per heavy atom. The number of aromatic nitrogens is 1. The van der Waals surface area contributed by atoms with Gasteiger partial charge in [-0.05, 0) is 94.3 Å². The number of fused-ring (bicyclic) bond motifs is 2. The van der Waals surface area contributed by atoms with Crippen LogP contribution in [0.4, 0.5) is 43.4 Å². The van der Waals surface area contributed by atoms with Crippen molar-refractivity contribution < 1.29 is 101 Å². The smallest absolute Gasteiger partial charge is 0.124 e. The zero-order chi connectivity index (χ0) is 97.4. The average Bonchev–Trinajstić information content (AvgIpc) is 0.942. The van der Waals surface area contributed by atoms with Crippen molar-refractivity contribution >= 4 is 51.8 Å². The summed E-state index contributed by atoms with van der Waals surface area (Å²) in [5.74, 6) is 4.23. The van der Waals surface area contributed by atoms with Gasteiger partial charge in [0.25, 0.3) is 0 Å². The minimum Gasteiger partial charge on any atom is -0.665 e. The molecule has 11 aromatic rings. The number of nitrogens with zero attached hydrogens (tertiary/aromatic N) is 4. The van der Waals surface area contributed by atoms with Crippen LogP contribution in [0.1, 0.15) is 296 Å². The monoisotopic (exact) mass is 2190 g/mol. The molecular formula is C112H146F6MoN4O4W2-2. The molecule has 0 saturated heterocycles. The molecule has 10 aromatic carbocycles. The van der Waals surface area contributed by atoms with Crippen LogP contribution in [-0.4, -0.2) is 62.8 Å². The molecule has 17 heteroatoms. The van der Waals surface area contributed by atoms with Gasteiger partial charge in [-0.3, -0.25) is 0 Å². The van der Waals surface area contributed by atoms with Gasteiger partial charge in [-0.25, -0.2) is 18.1 Å². The maximum Gasteiger partial charge on any atom is 0.124 e. The van der Waals surface area contributed by atoms with Crippen molar-refractivity contribution in [1.29, 1.82) is 0 Å². The van der Waals surface area contributed by atoms with Gasteiger partial charge in [0.2, 0.25) is 0 Å². The van der Waals surface area contributed by atoms with Gasteiger partial charge in [0.1, 0.15) is 5.75 Å². The van der Waals surface area contributed by atoms with Gasteiger partial charge in [-0.1, -0.05) is 107 Å².